The van der Waals surface area contributed by atoms with Crippen LogP contribution in [0.25, 0.3) is 0 Å². The van der Waals surface area contributed by atoms with Crippen LogP contribution in [-0.4, -0.2) is 49.8 Å². The van der Waals surface area contributed by atoms with Gasteiger partial charge in [-0.2, -0.15) is 0 Å². The Kier molecular flexibility index (Phi) is 7.77. The minimum Gasteiger partial charge on any atom is -0.497 e. The molecule has 2 aromatic carbocycles. The molecule has 2 amide bonds. The Morgan fingerprint density at radius 3 is 2.41 bits per heavy atom. The van der Waals surface area contributed by atoms with Crippen molar-refractivity contribution in [3.8, 4) is 11.5 Å². The van der Waals surface area contributed by atoms with Crippen molar-refractivity contribution in [2.24, 2.45) is 0 Å². The fourth-order valence-electron chi connectivity index (χ4n) is 2.86. The number of carbonyl (C=O) groups excluding carboxylic acids is 3. The summed E-state index contributed by atoms with van der Waals surface area (Å²) >= 11 is 0. The minimum absolute atomic E-state index is 0.0323. The molecule has 7 heteroatoms. The molecule has 0 aliphatic heterocycles. The molecular formula is C22H26N2O5. The zero-order valence-corrected chi connectivity index (χ0v) is 17.2. The van der Waals surface area contributed by atoms with Crippen molar-refractivity contribution in [1.82, 2.24) is 4.90 Å². The average molecular weight is 398 g/mol. The van der Waals surface area contributed by atoms with Crippen LogP contribution in [-0.2, 0) is 16.0 Å². The van der Waals surface area contributed by atoms with Crippen molar-refractivity contribution >= 4 is 23.3 Å². The number of ketones is 1. The van der Waals surface area contributed by atoms with Gasteiger partial charge < -0.3 is 19.7 Å². The number of amides is 2. The van der Waals surface area contributed by atoms with Crippen LogP contribution in [0.5, 0.6) is 11.5 Å². The molecule has 1 N–H and O–H groups in total. The Bertz CT molecular complexity index is 895. The molecule has 0 saturated carbocycles. The van der Waals surface area contributed by atoms with Gasteiger partial charge in [0.05, 0.1) is 27.2 Å². The van der Waals surface area contributed by atoms with Crippen molar-refractivity contribution in [3.63, 3.8) is 0 Å². The third-order valence-corrected chi connectivity index (χ3v) is 4.45. The zero-order valence-electron chi connectivity index (χ0n) is 17.2. The predicted octanol–water partition coefficient (Wildman–Crippen LogP) is 2.94. The van der Waals surface area contributed by atoms with Crippen molar-refractivity contribution in [1.29, 1.82) is 0 Å². The number of hydrogen-bond acceptors (Lipinski definition) is 5. The molecule has 0 unspecified atom stereocenters. The van der Waals surface area contributed by atoms with Crippen molar-refractivity contribution in [3.05, 3.63) is 53.6 Å². The van der Waals surface area contributed by atoms with Crippen LogP contribution in [0.3, 0.4) is 0 Å². The SMILES string of the molecule is CCN(CC(=O)Nc1cccc(OC)c1)C(=O)Cc1cc(C(C)=O)ccc1OC. The molecule has 0 radical (unpaired) electrons. The number of ether oxygens (including phenoxy) is 2. The summed E-state index contributed by atoms with van der Waals surface area (Å²) in [6, 6.07) is 12.0. The summed E-state index contributed by atoms with van der Waals surface area (Å²) in [5, 5.41) is 2.76. The van der Waals surface area contributed by atoms with E-state index in [-0.39, 0.29) is 30.6 Å². The number of anilines is 1. The van der Waals surface area contributed by atoms with Crippen LogP contribution < -0.4 is 14.8 Å². The third kappa shape index (κ3) is 6.07. The summed E-state index contributed by atoms with van der Waals surface area (Å²) in [5.74, 6) is 0.528. The molecule has 0 fully saturated rings. The Morgan fingerprint density at radius 2 is 1.79 bits per heavy atom. The molecule has 0 atom stereocenters. The maximum absolute atomic E-state index is 12.8. The molecule has 2 rings (SSSR count). The number of carbonyl (C=O) groups is 3. The third-order valence-electron chi connectivity index (χ3n) is 4.45. The number of Topliss-reactive ketones (excluding diaryl/α,β-unsaturated/α-hetero) is 1. The van der Waals surface area contributed by atoms with Crippen molar-refractivity contribution in [2.75, 3.05) is 32.6 Å². The second kappa shape index (κ2) is 10.3. The van der Waals surface area contributed by atoms with E-state index in [1.807, 2.05) is 0 Å². The van der Waals surface area contributed by atoms with Gasteiger partial charge in [-0.25, -0.2) is 0 Å². The van der Waals surface area contributed by atoms with Crippen LogP contribution in [0.2, 0.25) is 0 Å². The van der Waals surface area contributed by atoms with Gasteiger partial charge in [-0.05, 0) is 44.2 Å². The van der Waals surface area contributed by atoms with E-state index in [0.29, 0.717) is 34.9 Å². The Hall–Kier alpha value is -3.35. The van der Waals surface area contributed by atoms with Crippen LogP contribution in [0, 0.1) is 0 Å². The van der Waals surface area contributed by atoms with Gasteiger partial charge in [-0.3, -0.25) is 14.4 Å². The van der Waals surface area contributed by atoms with Gasteiger partial charge in [-0.15, -0.1) is 0 Å². The zero-order chi connectivity index (χ0) is 21.4. The molecule has 0 aliphatic carbocycles. The fraction of sp³-hybridized carbons (Fsp3) is 0.318. The predicted molar refractivity (Wildman–Crippen MR) is 111 cm³/mol. The first-order chi connectivity index (χ1) is 13.9. The second-order valence-corrected chi connectivity index (χ2v) is 6.45. The number of nitrogens with zero attached hydrogens (tertiary/aromatic N) is 1. The molecular weight excluding hydrogens is 372 g/mol. The highest BCUT2D eigenvalue weighted by Gasteiger charge is 2.19. The summed E-state index contributed by atoms with van der Waals surface area (Å²) in [5.41, 5.74) is 1.71. The molecule has 7 nitrogen and oxygen atoms in total. The van der Waals surface area contributed by atoms with E-state index in [2.05, 4.69) is 5.32 Å². The smallest absolute Gasteiger partial charge is 0.243 e. The number of rotatable bonds is 9. The normalized spacial score (nSPS) is 10.2. The molecule has 0 aromatic heterocycles. The number of hydrogen-bond donors (Lipinski definition) is 1. The maximum Gasteiger partial charge on any atom is 0.243 e. The van der Waals surface area contributed by atoms with Gasteiger partial charge in [-0.1, -0.05) is 6.07 Å². The van der Waals surface area contributed by atoms with E-state index in [1.165, 1.54) is 18.9 Å². The van der Waals surface area contributed by atoms with Gasteiger partial charge in [0.15, 0.2) is 5.78 Å². The molecule has 2 aromatic rings. The first-order valence-corrected chi connectivity index (χ1v) is 9.27. The first-order valence-electron chi connectivity index (χ1n) is 9.27. The molecule has 0 bridgehead atoms. The lowest BCUT2D eigenvalue weighted by atomic mass is 10.0. The average Bonchev–Trinajstić information content (AvgIpc) is 2.71. The molecule has 0 spiro atoms. The van der Waals surface area contributed by atoms with E-state index >= 15 is 0 Å². The minimum atomic E-state index is -0.307. The lowest BCUT2D eigenvalue weighted by Crippen LogP contribution is -2.38. The van der Waals surface area contributed by atoms with Crippen molar-refractivity contribution in [2.45, 2.75) is 20.3 Å². The molecule has 0 saturated heterocycles. The largest absolute Gasteiger partial charge is 0.497 e. The quantitative estimate of drug-likeness (QED) is 0.657. The van der Waals surface area contributed by atoms with Crippen LogP contribution in [0.1, 0.15) is 29.8 Å². The highest BCUT2D eigenvalue weighted by atomic mass is 16.5. The van der Waals surface area contributed by atoms with Gasteiger partial charge in [0, 0.05) is 29.4 Å². The summed E-state index contributed by atoms with van der Waals surface area (Å²) < 4.78 is 10.4. The Morgan fingerprint density at radius 1 is 1.03 bits per heavy atom. The van der Waals surface area contributed by atoms with E-state index in [4.69, 9.17) is 9.47 Å². The van der Waals surface area contributed by atoms with Gasteiger partial charge in [0.1, 0.15) is 11.5 Å². The molecule has 0 aliphatic rings. The maximum atomic E-state index is 12.8. The van der Waals surface area contributed by atoms with Crippen LogP contribution in [0.4, 0.5) is 5.69 Å². The van der Waals surface area contributed by atoms with Gasteiger partial charge >= 0.3 is 0 Å². The van der Waals surface area contributed by atoms with Gasteiger partial charge in [0.2, 0.25) is 11.8 Å². The topological polar surface area (TPSA) is 84.9 Å². The standard InChI is InChI=1S/C22H26N2O5/c1-5-24(14-21(26)23-18-7-6-8-19(13-18)28-3)22(27)12-17-11-16(15(2)25)9-10-20(17)29-4/h6-11,13H,5,12,14H2,1-4H3,(H,23,26). The Labute approximate surface area is 170 Å². The highest BCUT2D eigenvalue weighted by Crippen LogP contribution is 2.22. The van der Waals surface area contributed by atoms with E-state index in [9.17, 15) is 14.4 Å². The van der Waals surface area contributed by atoms with E-state index in [0.717, 1.165) is 0 Å². The van der Waals surface area contributed by atoms with E-state index < -0.39 is 0 Å². The van der Waals surface area contributed by atoms with Crippen molar-refractivity contribution < 1.29 is 23.9 Å². The summed E-state index contributed by atoms with van der Waals surface area (Å²) in [6.45, 7) is 3.56. The first kappa shape index (κ1) is 21.9. The fourth-order valence-corrected chi connectivity index (χ4v) is 2.86. The van der Waals surface area contributed by atoms with Gasteiger partial charge in [0.25, 0.3) is 0 Å². The van der Waals surface area contributed by atoms with Crippen LogP contribution >= 0.6 is 0 Å². The molecule has 154 valence electrons. The molecule has 0 heterocycles. The number of likely N-dealkylation sites (N-methyl/N-ethyl adjacent to an activating group) is 1. The number of methoxy groups -OCH3 is 2. The van der Waals surface area contributed by atoms with E-state index in [1.54, 1.807) is 56.5 Å². The summed E-state index contributed by atoms with van der Waals surface area (Å²) in [6.07, 6.45) is 0.0323. The summed E-state index contributed by atoms with van der Waals surface area (Å²) in [7, 11) is 3.06. The Balaban J connectivity index is 2.07. The van der Waals surface area contributed by atoms with Crippen LogP contribution in [0.15, 0.2) is 42.5 Å². The number of benzene rings is 2. The lowest BCUT2D eigenvalue weighted by molar-refractivity contribution is -0.133. The highest BCUT2D eigenvalue weighted by molar-refractivity contribution is 5.96. The number of nitrogens with one attached hydrogen (secondary N) is 1. The molecule has 29 heavy (non-hydrogen) atoms. The monoisotopic (exact) mass is 398 g/mol. The second-order valence-electron chi connectivity index (χ2n) is 6.45. The lowest BCUT2D eigenvalue weighted by Gasteiger charge is -2.21. The summed E-state index contributed by atoms with van der Waals surface area (Å²) in [4.78, 5) is 38.3.